The van der Waals surface area contributed by atoms with Gasteiger partial charge in [0.15, 0.2) is 5.78 Å². The molecule has 0 aliphatic rings. The smallest absolute Gasteiger partial charge is 0.198 e. The minimum absolute atomic E-state index is 0.226. The minimum Gasteiger partial charge on any atom is -0.288 e. The summed E-state index contributed by atoms with van der Waals surface area (Å²) in [4.78, 5) is 16.5. The molecule has 1 aromatic carbocycles. The molecular weight excluding hydrogens is 285 g/mol. The number of benzene rings is 1. The Morgan fingerprint density at radius 3 is 2.84 bits per heavy atom. The second-order valence-electron chi connectivity index (χ2n) is 3.89. The van der Waals surface area contributed by atoms with Crippen LogP contribution in [0.3, 0.4) is 0 Å². The predicted molar refractivity (Wildman–Crippen MR) is 72.9 cm³/mol. The van der Waals surface area contributed by atoms with E-state index in [-0.39, 0.29) is 10.8 Å². The normalized spacial score (nSPS) is 10.8. The zero-order valence-electron chi connectivity index (χ0n) is 9.55. The van der Waals surface area contributed by atoms with E-state index in [1.54, 1.807) is 41.3 Å². The number of carbonyl (C=O) groups is 1. The van der Waals surface area contributed by atoms with Gasteiger partial charge in [0.05, 0.1) is 33.5 Å². The molecule has 0 bridgehead atoms. The molecule has 0 saturated heterocycles. The fourth-order valence-electron chi connectivity index (χ4n) is 1.83. The lowest BCUT2D eigenvalue weighted by Gasteiger charge is -2.03. The van der Waals surface area contributed by atoms with E-state index in [9.17, 15) is 4.79 Å². The maximum atomic E-state index is 12.5. The monoisotopic (exact) mass is 291 g/mol. The molecule has 0 aliphatic carbocycles. The number of carbonyl (C=O) groups excluding carboxylic acids is 1. The number of halogens is 2. The Kier molecular flexibility index (Phi) is 2.97. The molecule has 3 rings (SSSR count). The molecule has 0 radical (unpaired) electrons. The highest BCUT2D eigenvalue weighted by Gasteiger charge is 2.18. The number of fused-ring (bicyclic) bond motifs is 1. The molecule has 0 fully saturated rings. The van der Waals surface area contributed by atoms with Crippen molar-refractivity contribution >= 4 is 34.5 Å². The molecule has 0 unspecified atom stereocenters. The number of ketones is 1. The molecule has 2 aromatic heterocycles. The maximum absolute atomic E-state index is 12.5. The van der Waals surface area contributed by atoms with E-state index < -0.39 is 0 Å². The van der Waals surface area contributed by atoms with Crippen LogP contribution in [0, 0.1) is 0 Å². The quantitative estimate of drug-likeness (QED) is 0.681. The van der Waals surface area contributed by atoms with Crippen LogP contribution in [-0.2, 0) is 0 Å². The largest absolute Gasteiger partial charge is 0.288 e. The Labute approximate surface area is 118 Å². The molecule has 94 valence electrons. The van der Waals surface area contributed by atoms with E-state index in [0.29, 0.717) is 21.7 Å². The number of nitrogens with zero attached hydrogens (tertiary/aromatic N) is 3. The van der Waals surface area contributed by atoms with Crippen LogP contribution in [0.4, 0.5) is 0 Å². The van der Waals surface area contributed by atoms with Crippen molar-refractivity contribution in [1.82, 2.24) is 14.6 Å². The van der Waals surface area contributed by atoms with Gasteiger partial charge in [0.25, 0.3) is 0 Å². The van der Waals surface area contributed by atoms with E-state index in [4.69, 9.17) is 23.2 Å². The summed E-state index contributed by atoms with van der Waals surface area (Å²) >= 11 is 12.0. The fraction of sp³-hybridized carbons (Fsp3) is 0. The van der Waals surface area contributed by atoms with Crippen LogP contribution in [0.2, 0.25) is 10.0 Å². The van der Waals surface area contributed by atoms with Gasteiger partial charge in [-0.1, -0.05) is 29.3 Å². The summed E-state index contributed by atoms with van der Waals surface area (Å²) in [6.07, 6.45) is 6.35. The van der Waals surface area contributed by atoms with Crippen LogP contribution in [0.1, 0.15) is 15.9 Å². The third kappa shape index (κ3) is 1.99. The first-order valence-electron chi connectivity index (χ1n) is 5.44. The topological polar surface area (TPSA) is 47.3 Å². The highest BCUT2D eigenvalue weighted by Crippen LogP contribution is 2.28. The number of hydrogen-bond acceptors (Lipinski definition) is 3. The highest BCUT2D eigenvalue weighted by molar-refractivity contribution is 6.44. The van der Waals surface area contributed by atoms with Crippen molar-refractivity contribution in [3.63, 3.8) is 0 Å². The van der Waals surface area contributed by atoms with Gasteiger partial charge in [-0.3, -0.25) is 9.78 Å². The average molecular weight is 292 g/mol. The van der Waals surface area contributed by atoms with Crippen molar-refractivity contribution < 1.29 is 4.79 Å². The van der Waals surface area contributed by atoms with Crippen molar-refractivity contribution in [3.05, 3.63) is 64.2 Å². The Balaban J connectivity index is 2.17. The minimum atomic E-state index is -0.226. The molecule has 19 heavy (non-hydrogen) atoms. The van der Waals surface area contributed by atoms with E-state index in [0.717, 1.165) is 0 Å². The van der Waals surface area contributed by atoms with Gasteiger partial charge < -0.3 is 0 Å². The van der Waals surface area contributed by atoms with Crippen molar-refractivity contribution in [3.8, 4) is 0 Å². The zero-order valence-corrected chi connectivity index (χ0v) is 11.1. The summed E-state index contributed by atoms with van der Waals surface area (Å²) in [7, 11) is 0. The number of aromatic nitrogens is 3. The molecule has 4 nitrogen and oxygen atoms in total. The van der Waals surface area contributed by atoms with Gasteiger partial charge >= 0.3 is 0 Å². The molecule has 0 saturated carbocycles. The van der Waals surface area contributed by atoms with E-state index in [1.807, 2.05) is 0 Å². The fourth-order valence-corrected chi connectivity index (χ4v) is 2.22. The second kappa shape index (κ2) is 4.64. The van der Waals surface area contributed by atoms with E-state index >= 15 is 0 Å². The number of rotatable bonds is 2. The van der Waals surface area contributed by atoms with E-state index in [1.165, 1.54) is 6.20 Å². The standard InChI is InChI=1S/C13H7Cl2N3O/c14-10-3-1-2-8(12(10)15)13(19)9-6-17-18-5-4-16-7-11(9)18/h1-7H. The lowest BCUT2D eigenvalue weighted by atomic mass is 10.1. The second-order valence-corrected chi connectivity index (χ2v) is 4.68. The van der Waals surface area contributed by atoms with Crippen LogP contribution in [-0.4, -0.2) is 20.4 Å². The predicted octanol–water partition coefficient (Wildman–Crippen LogP) is 3.27. The van der Waals surface area contributed by atoms with Crippen LogP contribution >= 0.6 is 23.2 Å². The first-order valence-corrected chi connectivity index (χ1v) is 6.20. The van der Waals surface area contributed by atoms with E-state index in [2.05, 4.69) is 10.1 Å². The Bertz CT molecular complexity index is 782. The van der Waals surface area contributed by atoms with Crippen molar-refractivity contribution in [2.45, 2.75) is 0 Å². The molecular formula is C13H7Cl2N3O. The summed E-state index contributed by atoms with van der Waals surface area (Å²) in [6, 6.07) is 4.96. The summed E-state index contributed by atoms with van der Waals surface area (Å²) in [5, 5.41) is 4.69. The lowest BCUT2D eigenvalue weighted by Crippen LogP contribution is -2.02. The summed E-state index contributed by atoms with van der Waals surface area (Å²) in [5.74, 6) is -0.226. The molecule has 2 heterocycles. The van der Waals surface area contributed by atoms with Gasteiger partial charge in [0, 0.05) is 18.0 Å². The van der Waals surface area contributed by atoms with Crippen molar-refractivity contribution in [2.75, 3.05) is 0 Å². The summed E-state index contributed by atoms with van der Waals surface area (Å²) < 4.78 is 1.58. The van der Waals surface area contributed by atoms with Gasteiger partial charge in [-0.05, 0) is 12.1 Å². The molecule has 6 heteroatoms. The third-order valence-corrected chi connectivity index (χ3v) is 3.58. The molecule has 0 spiro atoms. The van der Waals surface area contributed by atoms with Gasteiger partial charge in [-0.25, -0.2) is 4.52 Å². The first kappa shape index (κ1) is 12.1. The van der Waals surface area contributed by atoms with Crippen molar-refractivity contribution in [2.24, 2.45) is 0 Å². The molecule has 0 N–H and O–H groups in total. The Morgan fingerprint density at radius 2 is 2.00 bits per heavy atom. The Hall–Kier alpha value is -1.91. The zero-order chi connectivity index (χ0) is 13.4. The molecule has 0 atom stereocenters. The highest BCUT2D eigenvalue weighted by atomic mass is 35.5. The number of hydrogen-bond donors (Lipinski definition) is 0. The molecule has 3 aromatic rings. The third-order valence-electron chi connectivity index (χ3n) is 2.77. The van der Waals surface area contributed by atoms with Gasteiger partial charge in [0.1, 0.15) is 0 Å². The lowest BCUT2D eigenvalue weighted by molar-refractivity contribution is 0.104. The maximum Gasteiger partial charge on any atom is 0.198 e. The SMILES string of the molecule is O=C(c1cccc(Cl)c1Cl)c1cnn2ccncc12. The average Bonchev–Trinajstić information content (AvgIpc) is 2.85. The first-order chi connectivity index (χ1) is 9.18. The van der Waals surface area contributed by atoms with Crippen LogP contribution in [0.5, 0.6) is 0 Å². The summed E-state index contributed by atoms with van der Waals surface area (Å²) in [5.41, 5.74) is 1.42. The molecule has 0 amide bonds. The van der Waals surface area contributed by atoms with Gasteiger partial charge in [-0.15, -0.1) is 0 Å². The summed E-state index contributed by atoms with van der Waals surface area (Å²) in [6.45, 7) is 0. The van der Waals surface area contributed by atoms with Crippen LogP contribution < -0.4 is 0 Å². The molecule has 0 aliphatic heterocycles. The van der Waals surface area contributed by atoms with Crippen LogP contribution in [0.15, 0.2) is 43.0 Å². The van der Waals surface area contributed by atoms with Gasteiger partial charge in [-0.2, -0.15) is 5.10 Å². The Morgan fingerprint density at radius 1 is 1.16 bits per heavy atom. The van der Waals surface area contributed by atoms with Crippen molar-refractivity contribution in [1.29, 1.82) is 0 Å². The van der Waals surface area contributed by atoms with Gasteiger partial charge in [0.2, 0.25) is 0 Å². The van der Waals surface area contributed by atoms with Crippen LogP contribution in [0.25, 0.3) is 5.52 Å².